The molecule has 0 radical (unpaired) electrons. The predicted molar refractivity (Wildman–Crippen MR) is 139 cm³/mol. The lowest BCUT2D eigenvalue weighted by molar-refractivity contribution is -0.132. The van der Waals surface area contributed by atoms with Crippen LogP contribution in [0.15, 0.2) is 72.3 Å². The van der Waals surface area contributed by atoms with E-state index in [-0.39, 0.29) is 22.8 Å². The maximum atomic E-state index is 13.3. The predicted octanol–water partition coefficient (Wildman–Crippen LogP) is 5.48. The smallest absolute Gasteiger partial charge is 0.300 e. The van der Waals surface area contributed by atoms with Gasteiger partial charge in [-0.2, -0.15) is 0 Å². The number of amides is 1. The number of aliphatic hydroxyl groups is 1. The van der Waals surface area contributed by atoms with Crippen molar-refractivity contribution in [3.8, 4) is 5.75 Å². The van der Waals surface area contributed by atoms with Crippen LogP contribution in [0.2, 0.25) is 0 Å². The summed E-state index contributed by atoms with van der Waals surface area (Å²) in [5.41, 5.74) is 4.20. The quantitative estimate of drug-likeness (QED) is 0.283. The molecule has 1 saturated heterocycles. The topological polar surface area (TPSA) is 81.1 Å². The number of aromatic hydroxyl groups is 1. The van der Waals surface area contributed by atoms with Crippen LogP contribution >= 0.6 is 0 Å². The van der Waals surface area contributed by atoms with E-state index in [4.69, 9.17) is 0 Å². The molecular formula is C29H30N2O4. The van der Waals surface area contributed by atoms with Crippen molar-refractivity contribution in [2.45, 2.75) is 33.7 Å². The Morgan fingerprint density at radius 2 is 1.49 bits per heavy atom. The Balaban J connectivity index is 1.93. The molecule has 3 aromatic rings. The summed E-state index contributed by atoms with van der Waals surface area (Å²) in [5.74, 6) is -1.94. The Labute approximate surface area is 205 Å². The molecule has 1 aliphatic rings. The second-order valence-corrected chi connectivity index (χ2v) is 8.79. The fourth-order valence-corrected chi connectivity index (χ4v) is 4.55. The van der Waals surface area contributed by atoms with Gasteiger partial charge in [0.15, 0.2) is 0 Å². The monoisotopic (exact) mass is 470 g/mol. The Morgan fingerprint density at radius 1 is 0.886 bits per heavy atom. The molecule has 3 aromatic carbocycles. The normalized spacial score (nSPS) is 17.1. The van der Waals surface area contributed by atoms with Crippen LogP contribution in [0.25, 0.3) is 5.76 Å². The van der Waals surface area contributed by atoms with Crippen LogP contribution < -0.4 is 9.80 Å². The van der Waals surface area contributed by atoms with Crippen molar-refractivity contribution in [3.05, 3.63) is 94.6 Å². The lowest BCUT2D eigenvalue weighted by atomic mass is 9.94. The third-order valence-corrected chi connectivity index (χ3v) is 6.50. The highest BCUT2D eigenvalue weighted by molar-refractivity contribution is 6.51. The molecule has 1 amide bonds. The van der Waals surface area contributed by atoms with E-state index in [9.17, 15) is 19.8 Å². The number of hydrogen-bond donors (Lipinski definition) is 2. The second kappa shape index (κ2) is 9.66. The molecule has 0 bridgehead atoms. The number of rotatable bonds is 6. The van der Waals surface area contributed by atoms with E-state index >= 15 is 0 Å². The number of hydrogen-bond acceptors (Lipinski definition) is 5. The van der Waals surface area contributed by atoms with Gasteiger partial charge in [0.1, 0.15) is 11.5 Å². The summed E-state index contributed by atoms with van der Waals surface area (Å²) in [5, 5.41) is 21.9. The lowest BCUT2D eigenvalue weighted by Gasteiger charge is -2.27. The first-order valence-corrected chi connectivity index (χ1v) is 11.8. The van der Waals surface area contributed by atoms with Gasteiger partial charge in [-0.05, 0) is 63.1 Å². The number of phenolic OH excluding ortho intramolecular Hbond substituents is 1. The highest BCUT2D eigenvalue weighted by atomic mass is 16.3. The van der Waals surface area contributed by atoms with E-state index in [1.807, 2.05) is 50.2 Å². The molecular weight excluding hydrogens is 440 g/mol. The van der Waals surface area contributed by atoms with Crippen LogP contribution in [0.3, 0.4) is 0 Å². The number of carbonyl (C=O) groups excluding carboxylic acids is 2. The van der Waals surface area contributed by atoms with Crippen LogP contribution in [0.1, 0.15) is 42.1 Å². The maximum absolute atomic E-state index is 13.3. The van der Waals surface area contributed by atoms with Crippen molar-refractivity contribution in [2.75, 3.05) is 22.9 Å². The van der Waals surface area contributed by atoms with Gasteiger partial charge in [-0.3, -0.25) is 14.5 Å². The van der Waals surface area contributed by atoms with Gasteiger partial charge in [-0.25, -0.2) is 0 Å². The second-order valence-electron chi connectivity index (χ2n) is 8.79. The number of benzene rings is 3. The summed E-state index contributed by atoms with van der Waals surface area (Å²) < 4.78 is 0. The minimum absolute atomic E-state index is 0.00431. The third kappa shape index (κ3) is 4.39. The van der Waals surface area contributed by atoms with Gasteiger partial charge in [0.25, 0.3) is 11.7 Å². The van der Waals surface area contributed by atoms with Crippen molar-refractivity contribution in [1.82, 2.24) is 0 Å². The maximum Gasteiger partial charge on any atom is 0.300 e. The standard InChI is InChI=1S/C29H30N2O4/c1-5-30(6-2)22-14-12-20(13-15-22)26-25(27(33)21-10-7-18(3)8-11-21)28(34)29(35)31(26)23-17-19(4)9-16-24(23)32/h7-17,26,32-33H,5-6H2,1-4H3/b27-25+. The molecule has 0 aromatic heterocycles. The van der Waals surface area contributed by atoms with Crippen LogP contribution in [-0.4, -0.2) is 35.0 Å². The summed E-state index contributed by atoms with van der Waals surface area (Å²) in [6, 6.07) is 18.8. The van der Waals surface area contributed by atoms with E-state index in [0.717, 1.165) is 29.9 Å². The highest BCUT2D eigenvalue weighted by Gasteiger charge is 2.47. The zero-order valence-electron chi connectivity index (χ0n) is 20.4. The van der Waals surface area contributed by atoms with Crippen molar-refractivity contribution in [3.63, 3.8) is 0 Å². The summed E-state index contributed by atoms with van der Waals surface area (Å²) in [4.78, 5) is 30.1. The molecule has 35 heavy (non-hydrogen) atoms. The Morgan fingerprint density at radius 3 is 2.09 bits per heavy atom. The molecule has 1 unspecified atom stereocenters. The number of carbonyl (C=O) groups is 2. The first kappa shape index (κ1) is 24.1. The molecule has 6 heteroatoms. The molecule has 2 N–H and O–H groups in total. The largest absolute Gasteiger partial charge is 0.507 e. The number of aryl methyl sites for hydroxylation is 2. The van der Waals surface area contributed by atoms with Crippen molar-refractivity contribution in [2.24, 2.45) is 0 Å². The Hall–Kier alpha value is -4.06. The summed E-state index contributed by atoms with van der Waals surface area (Å²) in [6.07, 6.45) is 0. The molecule has 1 atom stereocenters. The van der Waals surface area contributed by atoms with Gasteiger partial charge < -0.3 is 15.1 Å². The zero-order chi connectivity index (χ0) is 25.3. The van der Waals surface area contributed by atoms with Crippen molar-refractivity contribution in [1.29, 1.82) is 0 Å². The van der Waals surface area contributed by atoms with E-state index in [1.54, 1.807) is 24.3 Å². The number of anilines is 2. The van der Waals surface area contributed by atoms with Crippen LogP contribution in [-0.2, 0) is 9.59 Å². The Bertz CT molecular complexity index is 1290. The minimum Gasteiger partial charge on any atom is -0.507 e. The number of phenols is 1. The molecule has 1 fully saturated rings. The molecule has 0 saturated carbocycles. The fraction of sp³-hybridized carbons (Fsp3) is 0.241. The van der Waals surface area contributed by atoms with Crippen molar-refractivity contribution < 1.29 is 19.8 Å². The number of nitrogens with zero attached hydrogens (tertiary/aromatic N) is 2. The lowest BCUT2D eigenvalue weighted by Crippen LogP contribution is -2.29. The minimum atomic E-state index is -0.894. The first-order chi connectivity index (χ1) is 16.8. The van der Waals surface area contributed by atoms with Gasteiger partial charge in [-0.15, -0.1) is 0 Å². The molecule has 0 aliphatic carbocycles. The van der Waals surface area contributed by atoms with E-state index in [0.29, 0.717) is 11.1 Å². The van der Waals surface area contributed by atoms with E-state index in [1.165, 1.54) is 11.0 Å². The number of aliphatic hydroxyl groups excluding tert-OH is 1. The summed E-state index contributed by atoms with van der Waals surface area (Å²) in [6.45, 7) is 9.63. The third-order valence-electron chi connectivity index (χ3n) is 6.50. The molecule has 4 rings (SSSR count). The molecule has 180 valence electrons. The van der Waals surface area contributed by atoms with Crippen molar-refractivity contribution >= 4 is 28.8 Å². The van der Waals surface area contributed by atoms with E-state index < -0.39 is 17.7 Å². The average Bonchev–Trinajstić information content (AvgIpc) is 3.12. The van der Waals surface area contributed by atoms with Gasteiger partial charge in [0.05, 0.1) is 17.3 Å². The molecule has 1 heterocycles. The van der Waals surface area contributed by atoms with Gasteiger partial charge in [0, 0.05) is 24.3 Å². The first-order valence-electron chi connectivity index (χ1n) is 11.8. The number of Topliss-reactive ketones (excluding diaryl/α,β-unsaturated/α-hetero) is 1. The van der Waals surface area contributed by atoms with Crippen LogP contribution in [0, 0.1) is 13.8 Å². The van der Waals surface area contributed by atoms with Gasteiger partial charge >= 0.3 is 0 Å². The molecule has 1 aliphatic heterocycles. The molecule has 0 spiro atoms. The average molecular weight is 471 g/mol. The van der Waals surface area contributed by atoms with E-state index in [2.05, 4.69) is 18.7 Å². The molecule has 6 nitrogen and oxygen atoms in total. The Kier molecular flexibility index (Phi) is 6.65. The van der Waals surface area contributed by atoms with Crippen LogP contribution in [0.5, 0.6) is 5.75 Å². The van der Waals surface area contributed by atoms with Crippen LogP contribution in [0.4, 0.5) is 11.4 Å². The zero-order valence-corrected chi connectivity index (χ0v) is 20.4. The summed E-state index contributed by atoms with van der Waals surface area (Å²) in [7, 11) is 0. The van der Waals surface area contributed by atoms with Gasteiger partial charge in [-0.1, -0.05) is 48.0 Å². The van der Waals surface area contributed by atoms with Gasteiger partial charge in [0.2, 0.25) is 0 Å². The SMILES string of the molecule is CCN(CC)c1ccc(C2/C(=C(\O)c3ccc(C)cc3)C(=O)C(=O)N2c2cc(C)ccc2O)cc1. The summed E-state index contributed by atoms with van der Waals surface area (Å²) >= 11 is 0. The number of ketones is 1. The fourth-order valence-electron chi connectivity index (χ4n) is 4.55. The highest BCUT2D eigenvalue weighted by Crippen LogP contribution is 2.45.